The summed E-state index contributed by atoms with van der Waals surface area (Å²) in [7, 11) is -4.01. The highest BCUT2D eigenvalue weighted by molar-refractivity contribution is 7.91. The number of sulfonamides is 1. The summed E-state index contributed by atoms with van der Waals surface area (Å²) < 4.78 is 46.0. The number of benzene rings is 1. The average molecular weight is 809 g/mol. The standard InChI is InChI=1S/C41H56N6O9S/c1-10-17-40(18-19-40)57(52,53)46-36(50)41(22-26(41)11-2)44-34(48)29-20-27(23-47(29)35(49)33(38(4,5)6)43-37(51)55-39(7,8)9)54-30-21-28(25-15-13-12-14-16-25)42-31-24(3)45-56-32(30)31/h12-16,21,26-27,29,33H,10-11,17-20,22-23H2,1-9H3,(H,43,51)(H,44,48)(H,46,50)/t26-,27-,29+,33-,41-/m1/s1. The Kier molecular flexibility index (Phi) is 11.2. The number of carbonyl (C=O) groups is 4. The molecule has 16 heteroatoms. The fourth-order valence-corrected chi connectivity index (χ4v) is 9.58. The van der Waals surface area contributed by atoms with Gasteiger partial charge >= 0.3 is 6.09 Å². The van der Waals surface area contributed by atoms with Crippen LogP contribution in [-0.2, 0) is 29.1 Å². The third kappa shape index (κ3) is 8.60. The molecule has 6 rings (SSSR count). The van der Waals surface area contributed by atoms with Gasteiger partial charge in [0.2, 0.25) is 27.4 Å². The summed E-state index contributed by atoms with van der Waals surface area (Å²) in [5.41, 5.74) is -0.365. The first-order valence-corrected chi connectivity index (χ1v) is 21.3. The molecule has 15 nitrogen and oxygen atoms in total. The first-order chi connectivity index (χ1) is 26.6. The Balaban J connectivity index is 1.32. The zero-order valence-electron chi connectivity index (χ0n) is 34.4. The molecule has 3 N–H and O–H groups in total. The first kappa shape index (κ1) is 41.9. The number of nitrogens with zero attached hydrogens (tertiary/aromatic N) is 3. The molecule has 0 spiro atoms. The smallest absolute Gasteiger partial charge is 0.408 e. The van der Waals surface area contributed by atoms with Gasteiger partial charge in [0.15, 0.2) is 5.75 Å². The van der Waals surface area contributed by atoms with Gasteiger partial charge in [-0.1, -0.05) is 82.9 Å². The molecule has 4 amide bonds. The van der Waals surface area contributed by atoms with Crippen LogP contribution in [0.3, 0.4) is 0 Å². The molecule has 3 aliphatic rings. The summed E-state index contributed by atoms with van der Waals surface area (Å²) in [6, 6.07) is 8.94. The molecule has 0 unspecified atom stereocenters. The van der Waals surface area contributed by atoms with Crippen LogP contribution in [0, 0.1) is 18.3 Å². The lowest BCUT2D eigenvalue weighted by Gasteiger charge is -2.36. The maximum atomic E-state index is 14.7. The van der Waals surface area contributed by atoms with Crippen LogP contribution in [0.15, 0.2) is 40.9 Å². The lowest BCUT2D eigenvalue weighted by Crippen LogP contribution is -2.60. The lowest BCUT2D eigenvalue weighted by atomic mass is 9.85. The van der Waals surface area contributed by atoms with E-state index in [4.69, 9.17) is 19.0 Å². The maximum absolute atomic E-state index is 14.7. The minimum absolute atomic E-state index is 0.00484. The largest absolute Gasteiger partial charge is 0.484 e. The number of alkyl carbamates (subject to hydrolysis) is 1. The Morgan fingerprint density at radius 3 is 2.32 bits per heavy atom. The van der Waals surface area contributed by atoms with E-state index in [-0.39, 0.29) is 25.3 Å². The molecule has 310 valence electrons. The molecule has 0 bridgehead atoms. The number of nitrogens with one attached hydrogen (secondary N) is 3. The number of pyridine rings is 1. The Morgan fingerprint density at radius 2 is 1.74 bits per heavy atom. The molecule has 3 aromatic rings. The van der Waals surface area contributed by atoms with Crippen LogP contribution in [0.4, 0.5) is 4.79 Å². The number of aromatic nitrogens is 2. The van der Waals surface area contributed by atoms with Crippen LogP contribution in [-0.4, -0.2) is 87.9 Å². The van der Waals surface area contributed by atoms with Crippen LogP contribution in [0.5, 0.6) is 5.75 Å². The summed E-state index contributed by atoms with van der Waals surface area (Å²) >= 11 is 0. The van der Waals surface area contributed by atoms with Crippen molar-refractivity contribution < 1.29 is 41.6 Å². The van der Waals surface area contributed by atoms with Gasteiger partial charge < -0.3 is 29.5 Å². The van der Waals surface area contributed by atoms with E-state index in [1.54, 1.807) is 54.5 Å². The van der Waals surface area contributed by atoms with Crippen molar-refractivity contribution in [3.05, 3.63) is 42.1 Å². The molecule has 1 aromatic carbocycles. The van der Waals surface area contributed by atoms with Crippen molar-refractivity contribution in [2.24, 2.45) is 11.3 Å². The second-order valence-electron chi connectivity index (χ2n) is 17.9. The summed E-state index contributed by atoms with van der Waals surface area (Å²) in [4.78, 5) is 62.4. The summed E-state index contributed by atoms with van der Waals surface area (Å²) in [6.45, 7) is 16.0. The Labute approximate surface area is 334 Å². The van der Waals surface area contributed by atoms with E-state index >= 15 is 0 Å². The summed E-state index contributed by atoms with van der Waals surface area (Å²) in [6.07, 6.45) is 1.22. The van der Waals surface area contributed by atoms with E-state index < -0.39 is 73.3 Å². The maximum Gasteiger partial charge on any atom is 0.408 e. The minimum Gasteiger partial charge on any atom is -0.484 e. The summed E-state index contributed by atoms with van der Waals surface area (Å²) in [5.74, 6) is -1.98. The van der Waals surface area contributed by atoms with Gasteiger partial charge in [-0.2, -0.15) is 0 Å². The van der Waals surface area contributed by atoms with E-state index in [9.17, 15) is 27.6 Å². The fourth-order valence-electron chi connectivity index (χ4n) is 7.82. The molecule has 3 heterocycles. The molecule has 2 aliphatic carbocycles. The molecule has 2 saturated carbocycles. The zero-order valence-corrected chi connectivity index (χ0v) is 35.2. The summed E-state index contributed by atoms with van der Waals surface area (Å²) in [5, 5.41) is 9.74. The van der Waals surface area contributed by atoms with Gasteiger partial charge in [0.25, 0.3) is 5.91 Å². The predicted molar refractivity (Wildman–Crippen MR) is 212 cm³/mol. The second-order valence-corrected chi connectivity index (χ2v) is 20.0. The third-order valence-corrected chi connectivity index (χ3v) is 13.4. The van der Waals surface area contributed by atoms with Crippen LogP contribution in [0.2, 0.25) is 0 Å². The molecule has 2 aromatic heterocycles. The van der Waals surface area contributed by atoms with Crippen molar-refractivity contribution in [1.29, 1.82) is 0 Å². The van der Waals surface area contributed by atoms with E-state index in [1.807, 2.05) is 44.2 Å². The van der Waals surface area contributed by atoms with Crippen molar-refractivity contribution >= 4 is 44.9 Å². The SMILES string of the molecule is CCCC1(S(=O)(=O)NC(=O)[C@@]2(NC(=O)[C@@H]3C[C@@H](Oc4cc(-c5ccccc5)nc5c(C)noc45)CN3C(=O)[C@@H](NC(=O)OC(C)(C)C)C(C)(C)C)C[C@H]2CC)CC1. The Hall–Kier alpha value is -4.73. The lowest BCUT2D eigenvalue weighted by molar-refractivity contribution is -0.143. The second kappa shape index (κ2) is 15.2. The Bertz CT molecular complexity index is 2140. The van der Waals surface area contributed by atoms with Crippen molar-refractivity contribution in [2.75, 3.05) is 6.54 Å². The van der Waals surface area contributed by atoms with Crippen molar-refractivity contribution in [2.45, 2.75) is 141 Å². The monoisotopic (exact) mass is 808 g/mol. The van der Waals surface area contributed by atoms with Gasteiger partial charge in [0.05, 0.1) is 17.0 Å². The highest BCUT2D eigenvalue weighted by Gasteiger charge is 2.63. The van der Waals surface area contributed by atoms with Crippen LogP contribution in [0.1, 0.15) is 106 Å². The van der Waals surface area contributed by atoms with E-state index in [2.05, 4.69) is 20.5 Å². The molecular formula is C41H56N6O9S. The van der Waals surface area contributed by atoms with Gasteiger partial charge in [-0.05, 0) is 64.7 Å². The molecule has 5 atom stereocenters. The van der Waals surface area contributed by atoms with Crippen LogP contribution in [0.25, 0.3) is 22.4 Å². The molecule has 57 heavy (non-hydrogen) atoms. The molecular weight excluding hydrogens is 753 g/mol. The zero-order chi connectivity index (χ0) is 41.7. The normalized spacial score (nSPS) is 23.4. The fraction of sp³-hybridized carbons (Fsp3) is 0.610. The first-order valence-electron chi connectivity index (χ1n) is 19.8. The number of hydrogen-bond acceptors (Lipinski definition) is 11. The van der Waals surface area contributed by atoms with E-state index in [0.29, 0.717) is 60.3 Å². The van der Waals surface area contributed by atoms with Crippen molar-refractivity contribution in [3.63, 3.8) is 0 Å². The van der Waals surface area contributed by atoms with E-state index in [0.717, 1.165) is 5.56 Å². The van der Waals surface area contributed by atoms with Crippen molar-refractivity contribution in [3.8, 4) is 17.0 Å². The quantitative estimate of drug-likeness (QED) is 0.196. The minimum atomic E-state index is -4.01. The number of ether oxygens (including phenoxy) is 2. The number of amides is 4. The number of aryl methyl sites for hydroxylation is 1. The molecule has 1 saturated heterocycles. The van der Waals surface area contributed by atoms with Crippen LogP contribution < -0.4 is 20.1 Å². The Morgan fingerprint density at radius 1 is 1.05 bits per heavy atom. The number of hydrogen-bond donors (Lipinski definition) is 3. The number of carbonyl (C=O) groups excluding carboxylic acids is 4. The van der Waals surface area contributed by atoms with Gasteiger partial charge in [0.1, 0.15) is 40.5 Å². The molecule has 3 fully saturated rings. The number of rotatable bonds is 13. The predicted octanol–water partition coefficient (Wildman–Crippen LogP) is 5.55. The highest BCUT2D eigenvalue weighted by Crippen LogP contribution is 2.50. The average Bonchev–Trinajstić information content (AvgIpc) is 3.98. The van der Waals surface area contributed by atoms with Gasteiger partial charge in [-0.15, -0.1) is 0 Å². The number of fused-ring (bicyclic) bond motifs is 1. The number of likely N-dealkylation sites (tertiary alicyclic amines) is 1. The van der Waals surface area contributed by atoms with E-state index in [1.165, 1.54) is 4.90 Å². The van der Waals surface area contributed by atoms with Crippen molar-refractivity contribution in [1.82, 2.24) is 30.4 Å². The topological polar surface area (TPSA) is 199 Å². The van der Waals surface area contributed by atoms with Crippen LogP contribution >= 0.6 is 0 Å². The van der Waals surface area contributed by atoms with Gasteiger partial charge in [0, 0.05) is 18.1 Å². The van der Waals surface area contributed by atoms with Gasteiger partial charge in [-0.25, -0.2) is 18.2 Å². The third-order valence-electron chi connectivity index (χ3n) is 11.2. The van der Waals surface area contributed by atoms with Gasteiger partial charge in [-0.3, -0.25) is 19.1 Å². The highest BCUT2D eigenvalue weighted by atomic mass is 32.2. The molecule has 0 radical (unpaired) electrons. The molecule has 1 aliphatic heterocycles.